The van der Waals surface area contributed by atoms with Crippen LogP contribution in [-0.4, -0.2) is 11.7 Å². The van der Waals surface area contributed by atoms with Crippen LogP contribution in [0.1, 0.15) is 0 Å². The number of alkyl halides is 2. The molecule has 0 spiro atoms. The number of phenols is 1. The lowest BCUT2D eigenvalue weighted by Crippen LogP contribution is -2.03. The molecular formula is C7H8ClF2NO2. The Hall–Kier alpha value is -1.23. The Bertz CT molecular complexity index is 283. The summed E-state index contributed by atoms with van der Waals surface area (Å²) in [6.07, 6.45) is 0. The number of aromatic hydroxyl groups is 1. The van der Waals surface area contributed by atoms with Gasteiger partial charge in [0.05, 0.1) is 5.69 Å². The fourth-order valence-corrected chi connectivity index (χ4v) is 0.721. The van der Waals surface area contributed by atoms with Gasteiger partial charge in [-0.05, 0) is 12.1 Å². The molecule has 3 N–H and O–H groups in total. The average Bonchev–Trinajstić information content (AvgIpc) is 1.96. The third kappa shape index (κ3) is 3.33. The van der Waals surface area contributed by atoms with Crippen LogP contribution in [-0.2, 0) is 0 Å². The highest BCUT2D eigenvalue weighted by molar-refractivity contribution is 5.85. The Kier molecular flexibility index (Phi) is 4.27. The summed E-state index contributed by atoms with van der Waals surface area (Å²) in [5, 5.41) is 8.87. The number of hydrogen-bond acceptors (Lipinski definition) is 3. The van der Waals surface area contributed by atoms with Crippen molar-refractivity contribution in [2.24, 2.45) is 0 Å². The molecule has 0 aromatic heterocycles. The SMILES string of the molecule is Cl.Nc1ccc(O)cc1OC(F)F. The minimum atomic E-state index is -2.94. The molecule has 1 rings (SSSR count). The van der Waals surface area contributed by atoms with E-state index in [4.69, 9.17) is 10.8 Å². The smallest absolute Gasteiger partial charge is 0.387 e. The lowest BCUT2D eigenvalue weighted by molar-refractivity contribution is -0.0494. The average molecular weight is 212 g/mol. The van der Waals surface area contributed by atoms with Gasteiger partial charge in [-0.25, -0.2) is 0 Å². The number of phenolic OH excluding ortho intramolecular Hbond substituents is 1. The van der Waals surface area contributed by atoms with Crippen LogP contribution in [0.4, 0.5) is 14.5 Å². The number of halogens is 3. The first-order valence-electron chi connectivity index (χ1n) is 3.13. The molecule has 0 radical (unpaired) electrons. The van der Waals surface area contributed by atoms with E-state index in [9.17, 15) is 8.78 Å². The van der Waals surface area contributed by atoms with Crippen LogP contribution in [0.2, 0.25) is 0 Å². The van der Waals surface area contributed by atoms with E-state index in [2.05, 4.69) is 4.74 Å². The van der Waals surface area contributed by atoms with Gasteiger partial charge in [0.25, 0.3) is 0 Å². The van der Waals surface area contributed by atoms with Crippen molar-refractivity contribution in [1.29, 1.82) is 0 Å². The molecule has 0 saturated carbocycles. The second-order valence-electron chi connectivity index (χ2n) is 2.10. The third-order valence-electron chi connectivity index (χ3n) is 1.21. The summed E-state index contributed by atoms with van der Waals surface area (Å²) < 4.78 is 27.4. The van der Waals surface area contributed by atoms with Gasteiger partial charge in [-0.15, -0.1) is 12.4 Å². The topological polar surface area (TPSA) is 55.5 Å². The van der Waals surface area contributed by atoms with Gasteiger partial charge in [0.2, 0.25) is 0 Å². The van der Waals surface area contributed by atoms with Crippen LogP contribution >= 0.6 is 12.4 Å². The molecule has 0 fully saturated rings. The minimum Gasteiger partial charge on any atom is -0.508 e. The second-order valence-corrected chi connectivity index (χ2v) is 2.10. The van der Waals surface area contributed by atoms with Gasteiger partial charge in [-0.2, -0.15) is 8.78 Å². The van der Waals surface area contributed by atoms with Crippen molar-refractivity contribution in [3.63, 3.8) is 0 Å². The van der Waals surface area contributed by atoms with Crippen molar-refractivity contribution in [1.82, 2.24) is 0 Å². The number of ether oxygens (including phenoxy) is 1. The fraction of sp³-hybridized carbons (Fsp3) is 0.143. The van der Waals surface area contributed by atoms with E-state index in [0.29, 0.717) is 0 Å². The largest absolute Gasteiger partial charge is 0.508 e. The Morgan fingerprint density at radius 1 is 1.38 bits per heavy atom. The summed E-state index contributed by atoms with van der Waals surface area (Å²) in [6.45, 7) is -2.94. The van der Waals surface area contributed by atoms with Crippen molar-refractivity contribution in [2.75, 3.05) is 5.73 Å². The molecule has 0 aliphatic rings. The predicted molar refractivity (Wildman–Crippen MR) is 46.4 cm³/mol. The molecule has 0 aliphatic carbocycles. The fourth-order valence-electron chi connectivity index (χ4n) is 0.721. The van der Waals surface area contributed by atoms with Crippen LogP contribution < -0.4 is 10.5 Å². The van der Waals surface area contributed by atoms with Gasteiger partial charge in [0.15, 0.2) is 5.75 Å². The molecule has 0 unspecified atom stereocenters. The monoisotopic (exact) mass is 211 g/mol. The predicted octanol–water partition coefficient (Wildman–Crippen LogP) is 2.00. The first-order valence-corrected chi connectivity index (χ1v) is 3.13. The maximum Gasteiger partial charge on any atom is 0.387 e. The maximum absolute atomic E-state index is 11.7. The second kappa shape index (κ2) is 4.71. The van der Waals surface area contributed by atoms with E-state index in [-0.39, 0.29) is 29.6 Å². The Labute approximate surface area is 79.5 Å². The molecule has 0 heterocycles. The van der Waals surface area contributed by atoms with Crippen LogP contribution in [0.25, 0.3) is 0 Å². The molecule has 13 heavy (non-hydrogen) atoms. The standard InChI is InChI=1S/C7H7F2NO2.ClH/c8-7(9)12-6-3-4(11)1-2-5(6)10;/h1-3,7,11H,10H2;1H. The zero-order valence-electron chi connectivity index (χ0n) is 6.41. The van der Waals surface area contributed by atoms with E-state index in [1.807, 2.05) is 0 Å². The number of benzene rings is 1. The van der Waals surface area contributed by atoms with Crippen molar-refractivity contribution >= 4 is 18.1 Å². The van der Waals surface area contributed by atoms with E-state index >= 15 is 0 Å². The molecule has 0 saturated heterocycles. The quantitative estimate of drug-likeness (QED) is 0.581. The highest BCUT2D eigenvalue weighted by Gasteiger charge is 2.07. The Balaban J connectivity index is 0.00000144. The summed E-state index contributed by atoms with van der Waals surface area (Å²) in [7, 11) is 0. The van der Waals surface area contributed by atoms with E-state index in [1.54, 1.807) is 0 Å². The van der Waals surface area contributed by atoms with Gasteiger partial charge in [-0.1, -0.05) is 0 Å². The number of nitrogen functional groups attached to an aromatic ring is 1. The van der Waals surface area contributed by atoms with E-state index < -0.39 is 6.61 Å². The molecule has 0 aliphatic heterocycles. The molecule has 6 heteroatoms. The summed E-state index contributed by atoms with van der Waals surface area (Å²) in [5.41, 5.74) is 5.33. The first-order chi connectivity index (χ1) is 5.59. The zero-order chi connectivity index (χ0) is 9.14. The Morgan fingerprint density at radius 3 is 2.54 bits per heavy atom. The molecule has 0 bridgehead atoms. The van der Waals surface area contributed by atoms with Crippen LogP contribution in [0.15, 0.2) is 18.2 Å². The van der Waals surface area contributed by atoms with Gasteiger partial charge in [0.1, 0.15) is 5.75 Å². The summed E-state index contributed by atoms with van der Waals surface area (Å²) in [4.78, 5) is 0. The minimum absolute atomic E-state index is 0. The van der Waals surface area contributed by atoms with Crippen molar-refractivity contribution in [3.05, 3.63) is 18.2 Å². The summed E-state index contributed by atoms with van der Waals surface area (Å²) in [5.74, 6) is -0.384. The van der Waals surface area contributed by atoms with Crippen molar-refractivity contribution in [3.8, 4) is 11.5 Å². The molecule has 3 nitrogen and oxygen atoms in total. The van der Waals surface area contributed by atoms with Crippen LogP contribution in [0.3, 0.4) is 0 Å². The molecule has 1 aromatic carbocycles. The molecule has 0 amide bonds. The number of rotatable bonds is 2. The highest BCUT2D eigenvalue weighted by Crippen LogP contribution is 2.27. The highest BCUT2D eigenvalue weighted by atomic mass is 35.5. The van der Waals surface area contributed by atoms with Gasteiger partial charge < -0.3 is 15.6 Å². The molecular weight excluding hydrogens is 204 g/mol. The van der Waals surface area contributed by atoms with Gasteiger partial charge in [0, 0.05) is 6.07 Å². The number of anilines is 1. The Morgan fingerprint density at radius 2 is 2.00 bits per heavy atom. The number of hydrogen-bond donors (Lipinski definition) is 2. The lowest BCUT2D eigenvalue weighted by atomic mass is 10.3. The third-order valence-corrected chi connectivity index (χ3v) is 1.21. The summed E-state index contributed by atoms with van der Waals surface area (Å²) >= 11 is 0. The first kappa shape index (κ1) is 11.8. The lowest BCUT2D eigenvalue weighted by Gasteiger charge is -2.06. The van der Waals surface area contributed by atoms with Crippen LogP contribution in [0, 0.1) is 0 Å². The van der Waals surface area contributed by atoms with Crippen LogP contribution in [0.5, 0.6) is 11.5 Å². The molecule has 1 aromatic rings. The number of nitrogens with two attached hydrogens (primary N) is 1. The zero-order valence-corrected chi connectivity index (χ0v) is 7.22. The molecule has 74 valence electrons. The molecule has 0 atom stereocenters. The van der Waals surface area contributed by atoms with Crippen molar-refractivity contribution < 1.29 is 18.6 Å². The van der Waals surface area contributed by atoms with Gasteiger partial charge >= 0.3 is 6.61 Å². The van der Waals surface area contributed by atoms with Crippen molar-refractivity contribution in [2.45, 2.75) is 6.61 Å². The van der Waals surface area contributed by atoms with Gasteiger partial charge in [-0.3, -0.25) is 0 Å². The van der Waals surface area contributed by atoms with E-state index in [1.165, 1.54) is 12.1 Å². The van der Waals surface area contributed by atoms with E-state index in [0.717, 1.165) is 6.07 Å². The normalized spacial score (nSPS) is 9.46. The summed E-state index contributed by atoms with van der Waals surface area (Å²) in [6, 6.07) is 3.60. The maximum atomic E-state index is 11.7.